The number of hydrogen-bond acceptors (Lipinski definition) is 2. The molecule has 7 aromatic rings. The molecule has 7 aromatic carbocycles. The fourth-order valence-electron chi connectivity index (χ4n) is 9.32. The number of fused-ring (bicyclic) bond motifs is 5. The monoisotopic (exact) mass is 694 g/mol. The smallest absolute Gasteiger partial charge is 0.0579 e. The summed E-state index contributed by atoms with van der Waals surface area (Å²) in [7, 11) is -3.91. The lowest BCUT2D eigenvalue weighted by atomic mass is 9.98. The number of benzene rings is 7. The molecule has 0 spiro atoms. The number of para-hydroxylation sites is 4. The van der Waals surface area contributed by atoms with E-state index in [2.05, 4.69) is 219 Å². The predicted octanol–water partition coefficient (Wildman–Crippen LogP) is 13.8. The van der Waals surface area contributed by atoms with Gasteiger partial charge in [-0.25, -0.2) is 0 Å². The van der Waals surface area contributed by atoms with Crippen molar-refractivity contribution in [2.45, 2.75) is 43.9 Å². The standard InChI is InChI=1S/C47H46N2Si2/c1-50(2,3)47(51(4,5)6)45-34-41(49(38-23-15-9-16-24-38)39-25-17-10-18-26-39)29-32-43(45)44-30-27-35-33-40(28-31-42(35)46(44)47)48(36-19-11-7-12-20-36)37-21-13-8-14-22-37/h7-34H,1-6H3. The van der Waals surface area contributed by atoms with Crippen LogP contribution >= 0.6 is 0 Å². The lowest BCUT2D eigenvalue weighted by Gasteiger charge is -2.51. The van der Waals surface area contributed by atoms with Crippen molar-refractivity contribution < 1.29 is 0 Å². The molecule has 0 fully saturated rings. The maximum Gasteiger partial charge on any atom is 0.0579 e. The molecule has 0 heterocycles. The van der Waals surface area contributed by atoms with Gasteiger partial charge in [0.1, 0.15) is 0 Å². The topological polar surface area (TPSA) is 6.48 Å². The summed E-state index contributed by atoms with van der Waals surface area (Å²) in [5, 5.41) is 2.69. The molecule has 8 rings (SSSR count). The summed E-state index contributed by atoms with van der Waals surface area (Å²) < 4.78 is -0.0146. The molecule has 4 heteroatoms. The molecule has 0 saturated heterocycles. The van der Waals surface area contributed by atoms with E-state index in [0.29, 0.717) is 0 Å². The van der Waals surface area contributed by atoms with Crippen LogP contribution in [0.25, 0.3) is 21.9 Å². The average molecular weight is 695 g/mol. The first-order chi connectivity index (χ1) is 24.6. The SMILES string of the molecule is C[Si](C)(C)C1([Si](C)(C)C)c2cc(N(c3ccccc3)c3ccccc3)ccc2-c2ccc3cc(N(c4ccccc4)c4ccccc4)ccc3c21. The van der Waals surface area contributed by atoms with Gasteiger partial charge >= 0.3 is 0 Å². The maximum absolute atomic E-state index is 2.61. The highest BCUT2D eigenvalue weighted by Crippen LogP contribution is 2.60. The van der Waals surface area contributed by atoms with Crippen molar-refractivity contribution in [3.05, 3.63) is 181 Å². The lowest BCUT2D eigenvalue weighted by Crippen LogP contribution is -2.63. The highest BCUT2D eigenvalue weighted by molar-refractivity contribution is 7.00. The minimum absolute atomic E-state index is 0.0146. The summed E-state index contributed by atoms with van der Waals surface area (Å²) in [5.41, 5.74) is 12.9. The van der Waals surface area contributed by atoms with Crippen molar-refractivity contribution in [3.8, 4) is 11.1 Å². The molecule has 0 aromatic heterocycles. The van der Waals surface area contributed by atoms with E-state index in [1.807, 2.05) is 0 Å². The third kappa shape index (κ3) is 5.36. The van der Waals surface area contributed by atoms with E-state index in [4.69, 9.17) is 0 Å². The van der Waals surface area contributed by atoms with Crippen LogP contribution in [0, 0.1) is 0 Å². The van der Waals surface area contributed by atoms with E-state index in [0.717, 1.165) is 11.4 Å². The Bertz CT molecular complexity index is 2230. The lowest BCUT2D eigenvalue weighted by molar-refractivity contribution is 0.961. The van der Waals surface area contributed by atoms with Gasteiger partial charge in [-0.05, 0) is 106 Å². The van der Waals surface area contributed by atoms with E-state index >= 15 is 0 Å². The number of hydrogen-bond donors (Lipinski definition) is 0. The molecule has 2 nitrogen and oxygen atoms in total. The Balaban J connectivity index is 1.37. The van der Waals surface area contributed by atoms with Crippen molar-refractivity contribution in [1.82, 2.24) is 0 Å². The molecule has 0 unspecified atom stereocenters. The number of rotatable bonds is 8. The van der Waals surface area contributed by atoms with E-state index < -0.39 is 16.1 Å². The summed E-state index contributed by atoms with van der Waals surface area (Å²) in [5.74, 6) is 0. The Morgan fingerprint density at radius 1 is 0.373 bits per heavy atom. The van der Waals surface area contributed by atoms with Crippen molar-refractivity contribution in [3.63, 3.8) is 0 Å². The van der Waals surface area contributed by atoms with Crippen LogP contribution in [0.2, 0.25) is 39.3 Å². The van der Waals surface area contributed by atoms with Crippen molar-refractivity contribution in [2.75, 3.05) is 9.80 Å². The molecular formula is C47H46N2Si2. The van der Waals surface area contributed by atoms with E-state index in [1.165, 1.54) is 50.2 Å². The zero-order valence-corrected chi connectivity index (χ0v) is 32.6. The molecule has 0 saturated carbocycles. The first kappa shape index (κ1) is 33.0. The fraction of sp³-hybridized carbons (Fsp3) is 0.149. The minimum atomic E-state index is -1.95. The second-order valence-electron chi connectivity index (χ2n) is 15.9. The molecule has 0 atom stereocenters. The quantitative estimate of drug-likeness (QED) is 0.146. The van der Waals surface area contributed by atoms with Crippen LogP contribution < -0.4 is 9.80 Å². The van der Waals surface area contributed by atoms with Gasteiger partial charge in [-0.3, -0.25) is 0 Å². The van der Waals surface area contributed by atoms with Crippen LogP contribution in [-0.2, 0) is 4.66 Å². The molecule has 0 N–H and O–H groups in total. The van der Waals surface area contributed by atoms with E-state index in [-0.39, 0.29) is 4.66 Å². The number of nitrogens with zero attached hydrogens (tertiary/aromatic N) is 2. The second kappa shape index (κ2) is 12.6. The van der Waals surface area contributed by atoms with Crippen LogP contribution in [0.15, 0.2) is 170 Å². The minimum Gasteiger partial charge on any atom is -0.310 e. The maximum atomic E-state index is 2.61. The summed E-state index contributed by atoms with van der Waals surface area (Å²) in [6.45, 7) is 15.7. The van der Waals surface area contributed by atoms with Gasteiger partial charge < -0.3 is 9.80 Å². The Labute approximate surface area is 305 Å². The summed E-state index contributed by atoms with van der Waals surface area (Å²) >= 11 is 0. The normalized spacial score (nSPS) is 13.5. The summed E-state index contributed by atoms with van der Waals surface area (Å²) in [6.07, 6.45) is 0. The summed E-state index contributed by atoms with van der Waals surface area (Å²) in [4.78, 5) is 4.80. The molecule has 1 aliphatic carbocycles. The third-order valence-electron chi connectivity index (χ3n) is 10.9. The van der Waals surface area contributed by atoms with Crippen LogP contribution in [0.5, 0.6) is 0 Å². The van der Waals surface area contributed by atoms with Crippen molar-refractivity contribution in [1.29, 1.82) is 0 Å². The molecule has 0 aliphatic heterocycles. The third-order valence-corrected chi connectivity index (χ3v) is 20.9. The van der Waals surface area contributed by atoms with Crippen LogP contribution in [0.3, 0.4) is 0 Å². The van der Waals surface area contributed by atoms with Gasteiger partial charge in [-0.1, -0.05) is 136 Å². The van der Waals surface area contributed by atoms with Gasteiger partial charge in [0.2, 0.25) is 0 Å². The number of anilines is 6. The first-order valence-electron chi connectivity index (χ1n) is 18.1. The molecule has 0 bridgehead atoms. The zero-order valence-electron chi connectivity index (χ0n) is 30.6. The summed E-state index contributed by atoms with van der Waals surface area (Å²) in [6, 6.07) is 62.4. The van der Waals surface area contributed by atoms with Crippen molar-refractivity contribution in [2.24, 2.45) is 0 Å². The molecule has 252 valence electrons. The van der Waals surface area contributed by atoms with Gasteiger partial charge in [0, 0.05) is 38.8 Å². The largest absolute Gasteiger partial charge is 0.310 e. The highest BCUT2D eigenvalue weighted by Gasteiger charge is 2.59. The predicted molar refractivity (Wildman–Crippen MR) is 226 cm³/mol. The van der Waals surface area contributed by atoms with Crippen LogP contribution in [-0.4, -0.2) is 16.1 Å². The van der Waals surface area contributed by atoms with Gasteiger partial charge in [0.05, 0.1) is 16.1 Å². The Kier molecular flexibility index (Phi) is 8.12. The molecular weight excluding hydrogens is 649 g/mol. The fourth-order valence-corrected chi connectivity index (χ4v) is 22.4. The molecule has 0 amide bonds. The zero-order chi connectivity index (χ0) is 35.4. The van der Waals surface area contributed by atoms with Gasteiger partial charge in [0.25, 0.3) is 0 Å². The Hall–Kier alpha value is -5.17. The Morgan fingerprint density at radius 2 is 0.765 bits per heavy atom. The highest BCUT2D eigenvalue weighted by atomic mass is 28.4. The molecule has 0 radical (unpaired) electrons. The first-order valence-corrected chi connectivity index (χ1v) is 25.1. The van der Waals surface area contributed by atoms with Crippen LogP contribution in [0.1, 0.15) is 11.1 Å². The van der Waals surface area contributed by atoms with Crippen molar-refractivity contribution >= 4 is 61.0 Å². The second-order valence-corrected chi connectivity index (χ2v) is 26.9. The molecule has 1 aliphatic rings. The Morgan fingerprint density at radius 3 is 1.20 bits per heavy atom. The van der Waals surface area contributed by atoms with Crippen LogP contribution in [0.4, 0.5) is 34.1 Å². The van der Waals surface area contributed by atoms with Gasteiger partial charge in [-0.15, -0.1) is 0 Å². The average Bonchev–Trinajstić information content (AvgIpc) is 3.46. The van der Waals surface area contributed by atoms with Gasteiger partial charge in [0.15, 0.2) is 0 Å². The molecule has 51 heavy (non-hydrogen) atoms. The van der Waals surface area contributed by atoms with E-state index in [9.17, 15) is 0 Å². The van der Waals surface area contributed by atoms with Gasteiger partial charge in [-0.2, -0.15) is 0 Å². The van der Waals surface area contributed by atoms with E-state index in [1.54, 1.807) is 5.56 Å².